The minimum atomic E-state index is -0.306. The Labute approximate surface area is 54.3 Å². The van der Waals surface area contributed by atoms with Gasteiger partial charge in [-0.25, -0.2) is 0 Å². The fourth-order valence-corrected chi connectivity index (χ4v) is 1.41. The summed E-state index contributed by atoms with van der Waals surface area (Å²) in [7, 11) is 1.94. The molecule has 0 spiro atoms. The summed E-state index contributed by atoms with van der Waals surface area (Å²) in [5.41, 5.74) is 0. The summed E-state index contributed by atoms with van der Waals surface area (Å²) < 4.78 is 8.39. The van der Waals surface area contributed by atoms with Crippen LogP contribution in [0.1, 0.15) is 13.8 Å². The Morgan fingerprint density at radius 3 is 2.25 bits per heavy atom. The van der Waals surface area contributed by atoms with Gasteiger partial charge in [-0.3, -0.25) is 4.72 Å². The fraction of sp³-hybridized carbons (Fsp3) is 1.00. The van der Waals surface area contributed by atoms with Gasteiger partial charge in [-0.15, -0.1) is 0 Å². The van der Waals surface area contributed by atoms with Crippen molar-refractivity contribution in [1.82, 2.24) is 4.72 Å². The molecule has 0 saturated carbocycles. The number of nitrogens with one attached hydrogen (secondary N) is 1. The van der Waals surface area contributed by atoms with Gasteiger partial charge in [0.2, 0.25) is 0 Å². The Morgan fingerprint density at radius 1 is 1.50 bits per heavy atom. The molecule has 0 aliphatic rings. The molecule has 0 bridgehead atoms. The summed E-state index contributed by atoms with van der Waals surface area (Å²) in [6.07, 6.45) is 0. The Morgan fingerprint density at radius 2 is 2.12 bits per heavy atom. The van der Waals surface area contributed by atoms with Crippen LogP contribution in [0, 0.1) is 0 Å². The lowest BCUT2D eigenvalue weighted by atomic mass is 10.9. The van der Waals surface area contributed by atoms with Gasteiger partial charge in [-0.05, 0) is 14.0 Å². The van der Waals surface area contributed by atoms with Crippen LogP contribution in [0.3, 0.4) is 0 Å². The second kappa shape index (κ2) is 5.41. The molecule has 0 aliphatic carbocycles. The fourth-order valence-electron chi connectivity index (χ4n) is 0.470. The summed E-state index contributed by atoms with van der Waals surface area (Å²) in [5.74, 6) is 1.10. The SMILES string of the molecule is CCO[SH](CC)NC. The van der Waals surface area contributed by atoms with Crippen molar-refractivity contribution in [3.05, 3.63) is 0 Å². The second-order valence-electron chi connectivity index (χ2n) is 1.34. The van der Waals surface area contributed by atoms with E-state index in [-0.39, 0.29) is 11.4 Å². The molecule has 0 saturated heterocycles. The molecule has 8 heavy (non-hydrogen) atoms. The third-order valence-electron chi connectivity index (χ3n) is 0.822. The van der Waals surface area contributed by atoms with Gasteiger partial charge in [0, 0.05) is 5.75 Å². The lowest BCUT2D eigenvalue weighted by Gasteiger charge is -2.17. The molecule has 0 amide bonds. The molecular weight excluding hydrogens is 122 g/mol. The first-order chi connectivity index (χ1) is 3.85. The van der Waals surface area contributed by atoms with Crippen LogP contribution >= 0.6 is 11.4 Å². The zero-order valence-electron chi connectivity index (χ0n) is 5.77. The van der Waals surface area contributed by atoms with Gasteiger partial charge < -0.3 is 4.18 Å². The van der Waals surface area contributed by atoms with Crippen LogP contribution in [0.5, 0.6) is 0 Å². The van der Waals surface area contributed by atoms with E-state index in [9.17, 15) is 0 Å². The van der Waals surface area contributed by atoms with Crippen LogP contribution in [0.25, 0.3) is 0 Å². The molecular formula is C5H15NOS. The molecule has 0 aromatic heterocycles. The van der Waals surface area contributed by atoms with E-state index in [1.807, 2.05) is 14.0 Å². The summed E-state index contributed by atoms with van der Waals surface area (Å²) in [4.78, 5) is 0. The zero-order valence-corrected chi connectivity index (χ0v) is 6.66. The molecule has 0 aliphatic heterocycles. The molecule has 0 aromatic rings. The first-order valence-electron chi connectivity index (χ1n) is 2.93. The van der Waals surface area contributed by atoms with E-state index < -0.39 is 0 Å². The second-order valence-corrected chi connectivity index (χ2v) is 3.43. The van der Waals surface area contributed by atoms with E-state index in [4.69, 9.17) is 4.18 Å². The van der Waals surface area contributed by atoms with Crippen molar-refractivity contribution in [1.29, 1.82) is 0 Å². The summed E-state index contributed by atoms with van der Waals surface area (Å²) in [6, 6.07) is 0. The predicted molar refractivity (Wildman–Crippen MR) is 40.2 cm³/mol. The minimum Gasteiger partial charge on any atom is -0.327 e. The molecule has 52 valence electrons. The molecule has 0 fully saturated rings. The lowest BCUT2D eigenvalue weighted by Crippen LogP contribution is -2.06. The first kappa shape index (κ1) is 8.27. The first-order valence-corrected chi connectivity index (χ1v) is 4.37. The molecule has 0 radical (unpaired) electrons. The Hall–Kier alpha value is 0.270. The third-order valence-corrected chi connectivity index (χ3v) is 2.46. The van der Waals surface area contributed by atoms with Gasteiger partial charge in [-0.2, -0.15) is 0 Å². The molecule has 0 aromatic carbocycles. The van der Waals surface area contributed by atoms with Crippen LogP contribution in [0.15, 0.2) is 0 Å². The number of hydrogen-bond acceptors (Lipinski definition) is 2. The van der Waals surface area contributed by atoms with E-state index in [0.717, 1.165) is 12.4 Å². The average Bonchev–Trinajstić information content (AvgIpc) is 1.83. The summed E-state index contributed by atoms with van der Waals surface area (Å²) >= 11 is -0.306. The molecule has 0 heterocycles. The quantitative estimate of drug-likeness (QED) is 0.566. The van der Waals surface area contributed by atoms with Crippen molar-refractivity contribution >= 4 is 11.4 Å². The molecule has 1 N–H and O–H groups in total. The highest BCUT2D eigenvalue weighted by molar-refractivity contribution is 8.11. The minimum absolute atomic E-state index is 0.306. The van der Waals surface area contributed by atoms with Gasteiger partial charge in [0.25, 0.3) is 0 Å². The maximum absolute atomic E-state index is 5.29. The highest BCUT2D eigenvalue weighted by Gasteiger charge is 1.91. The largest absolute Gasteiger partial charge is 0.327 e. The summed E-state index contributed by atoms with van der Waals surface area (Å²) in [5, 5.41) is 0. The molecule has 2 nitrogen and oxygen atoms in total. The molecule has 1 atom stereocenters. The van der Waals surface area contributed by atoms with E-state index >= 15 is 0 Å². The maximum atomic E-state index is 5.29. The standard InChI is InChI=1S/C5H15NOS/c1-4-7-8(5-2)6-3/h6,8H,4-5H2,1-3H3. The van der Waals surface area contributed by atoms with Crippen LogP contribution in [0.4, 0.5) is 0 Å². The van der Waals surface area contributed by atoms with Crippen LogP contribution in [-0.2, 0) is 4.18 Å². The van der Waals surface area contributed by atoms with E-state index in [2.05, 4.69) is 11.6 Å². The van der Waals surface area contributed by atoms with Gasteiger partial charge in [0.05, 0.1) is 6.61 Å². The van der Waals surface area contributed by atoms with Crippen molar-refractivity contribution < 1.29 is 4.18 Å². The van der Waals surface area contributed by atoms with Gasteiger partial charge in [0.15, 0.2) is 0 Å². The number of hydrogen-bond donors (Lipinski definition) is 2. The van der Waals surface area contributed by atoms with Gasteiger partial charge >= 0.3 is 0 Å². The monoisotopic (exact) mass is 137 g/mol. The van der Waals surface area contributed by atoms with Crippen molar-refractivity contribution in [3.8, 4) is 0 Å². The normalized spacial score (nSPS) is 16.1. The van der Waals surface area contributed by atoms with Crippen molar-refractivity contribution in [2.24, 2.45) is 0 Å². The van der Waals surface area contributed by atoms with Crippen LogP contribution < -0.4 is 4.72 Å². The third kappa shape index (κ3) is 3.29. The van der Waals surface area contributed by atoms with Gasteiger partial charge in [-0.1, -0.05) is 18.3 Å². The molecule has 0 rings (SSSR count). The van der Waals surface area contributed by atoms with Crippen LogP contribution in [-0.4, -0.2) is 19.4 Å². The number of thiol groups is 1. The Kier molecular flexibility index (Phi) is 5.59. The van der Waals surface area contributed by atoms with Crippen molar-refractivity contribution in [2.45, 2.75) is 13.8 Å². The Balaban J connectivity index is 3.07. The van der Waals surface area contributed by atoms with Crippen molar-refractivity contribution in [2.75, 3.05) is 19.4 Å². The van der Waals surface area contributed by atoms with E-state index in [1.54, 1.807) is 0 Å². The van der Waals surface area contributed by atoms with Gasteiger partial charge in [0.1, 0.15) is 0 Å². The maximum Gasteiger partial charge on any atom is 0.0576 e. The summed E-state index contributed by atoms with van der Waals surface area (Å²) in [6.45, 7) is 4.96. The number of rotatable bonds is 4. The van der Waals surface area contributed by atoms with Crippen LogP contribution in [0.2, 0.25) is 0 Å². The molecule has 3 heteroatoms. The highest BCUT2D eigenvalue weighted by atomic mass is 32.2. The molecule has 1 unspecified atom stereocenters. The Bertz CT molecular complexity index is 47.7. The van der Waals surface area contributed by atoms with Crippen molar-refractivity contribution in [3.63, 3.8) is 0 Å². The van der Waals surface area contributed by atoms with E-state index in [0.29, 0.717) is 0 Å². The predicted octanol–water partition coefficient (Wildman–Crippen LogP) is 1.09. The van der Waals surface area contributed by atoms with E-state index in [1.165, 1.54) is 0 Å². The average molecular weight is 137 g/mol. The smallest absolute Gasteiger partial charge is 0.0576 e. The topological polar surface area (TPSA) is 21.3 Å². The zero-order chi connectivity index (χ0) is 6.41. The highest BCUT2D eigenvalue weighted by Crippen LogP contribution is 2.17. The lowest BCUT2D eigenvalue weighted by molar-refractivity contribution is 0.389.